The van der Waals surface area contributed by atoms with Crippen LogP contribution in [0.4, 0.5) is 5.82 Å². The number of anilines is 1. The molecule has 0 bridgehead atoms. The average molecular weight is 386 g/mol. The fourth-order valence-corrected chi connectivity index (χ4v) is 3.28. The number of amides is 2. The van der Waals surface area contributed by atoms with Crippen molar-refractivity contribution >= 4 is 30.0 Å². The van der Waals surface area contributed by atoms with Crippen molar-refractivity contribution in [3.63, 3.8) is 0 Å². The molecule has 0 saturated carbocycles. The maximum Gasteiger partial charge on any atom is 0.244 e. The second-order valence-corrected chi connectivity index (χ2v) is 6.67. The molecule has 1 aromatic rings. The van der Waals surface area contributed by atoms with Gasteiger partial charge in [0.25, 0.3) is 0 Å². The molecule has 3 heterocycles. The van der Waals surface area contributed by atoms with E-state index >= 15 is 0 Å². The van der Waals surface area contributed by atoms with Gasteiger partial charge in [-0.3, -0.25) is 14.3 Å². The summed E-state index contributed by atoms with van der Waals surface area (Å²) in [5.74, 6) is 1.15. The summed E-state index contributed by atoms with van der Waals surface area (Å²) in [6, 6.07) is 1.73. The topological polar surface area (TPSA) is 88.5 Å². The van der Waals surface area contributed by atoms with Crippen LogP contribution in [0.1, 0.15) is 25.7 Å². The van der Waals surface area contributed by atoms with Crippen LogP contribution in [0.5, 0.6) is 0 Å². The van der Waals surface area contributed by atoms with Crippen molar-refractivity contribution in [1.29, 1.82) is 0 Å². The molecule has 9 heteroatoms. The van der Waals surface area contributed by atoms with Gasteiger partial charge in [0.1, 0.15) is 6.54 Å². The van der Waals surface area contributed by atoms with Crippen molar-refractivity contribution in [2.75, 3.05) is 44.7 Å². The van der Waals surface area contributed by atoms with E-state index in [0.717, 1.165) is 32.4 Å². The van der Waals surface area contributed by atoms with Gasteiger partial charge in [0.05, 0.1) is 13.2 Å². The van der Waals surface area contributed by atoms with E-state index in [1.165, 1.54) is 0 Å². The summed E-state index contributed by atoms with van der Waals surface area (Å²) in [5, 5.41) is 10.4. The van der Waals surface area contributed by atoms with Gasteiger partial charge in [0.2, 0.25) is 11.8 Å². The van der Waals surface area contributed by atoms with Crippen molar-refractivity contribution in [3.05, 3.63) is 12.3 Å². The smallest absolute Gasteiger partial charge is 0.244 e. The second-order valence-electron chi connectivity index (χ2n) is 6.67. The van der Waals surface area contributed by atoms with Crippen LogP contribution in [-0.4, -0.2) is 65.9 Å². The number of carbonyl (C=O) groups is 2. The predicted octanol–water partition coefficient (Wildman–Crippen LogP) is 0.882. The molecule has 2 amide bonds. The minimum absolute atomic E-state index is 0. The molecule has 146 valence electrons. The molecule has 0 aromatic carbocycles. The van der Waals surface area contributed by atoms with Gasteiger partial charge in [0.15, 0.2) is 5.82 Å². The summed E-state index contributed by atoms with van der Waals surface area (Å²) in [4.78, 5) is 26.0. The molecule has 0 radical (unpaired) electrons. The van der Waals surface area contributed by atoms with Gasteiger partial charge in [-0.05, 0) is 38.3 Å². The minimum atomic E-state index is -0.0108. The van der Waals surface area contributed by atoms with Crippen molar-refractivity contribution in [3.8, 4) is 0 Å². The number of hydrogen-bond donors (Lipinski definition) is 2. The molecule has 2 N–H and O–H groups in total. The maximum absolute atomic E-state index is 12.2. The molecule has 26 heavy (non-hydrogen) atoms. The fraction of sp³-hybridized carbons (Fsp3) is 0.706. The fourth-order valence-electron chi connectivity index (χ4n) is 3.28. The molecule has 0 aliphatic carbocycles. The van der Waals surface area contributed by atoms with E-state index in [9.17, 15) is 9.59 Å². The zero-order chi connectivity index (χ0) is 17.5. The highest BCUT2D eigenvalue weighted by Crippen LogP contribution is 2.18. The zero-order valence-corrected chi connectivity index (χ0v) is 15.8. The summed E-state index contributed by atoms with van der Waals surface area (Å²) >= 11 is 0. The highest BCUT2D eigenvalue weighted by Gasteiger charge is 2.18. The Kier molecular flexibility index (Phi) is 8.34. The van der Waals surface area contributed by atoms with Gasteiger partial charge in [0, 0.05) is 31.8 Å². The summed E-state index contributed by atoms with van der Waals surface area (Å²) in [5.41, 5.74) is 0. The quantitative estimate of drug-likeness (QED) is 0.759. The number of piperidine rings is 1. The first-order chi connectivity index (χ1) is 12.2. The summed E-state index contributed by atoms with van der Waals surface area (Å²) in [6.45, 7) is 4.71. The van der Waals surface area contributed by atoms with Gasteiger partial charge in [-0.25, -0.2) is 0 Å². The van der Waals surface area contributed by atoms with Crippen LogP contribution in [0.25, 0.3) is 0 Å². The van der Waals surface area contributed by atoms with Crippen LogP contribution < -0.4 is 10.6 Å². The molecule has 2 fully saturated rings. The number of aromatic nitrogens is 2. The first kappa shape index (κ1) is 20.7. The Morgan fingerprint density at radius 1 is 1.27 bits per heavy atom. The van der Waals surface area contributed by atoms with Crippen LogP contribution in [0.15, 0.2) is 12.3 Å². The highest BCUT2D eigenvalue weighted by molar-refractivity contribution is 5.89. The Hall–Kier alpha value is -1.64. The Labute approximate surface area is 160 Å². The van der Waals surface area contributed by atoms with Gasteiger partial charge in [-0.15, -0.1) is 12.4 Å². The number of ether oxygens (including phenoxy) is 1. The molecule has 0 unspecified atom stereocenters. The molecule has 2 aliphatic rings. The van der Waals surface area contributed by atoms with Gasteiger partial charge in [-0.1, -0.05) is 0 Å². The molecule has 3 rings (SSSR count). The standard InChI is InChI=1S/C17H27N5O3.ClH/c23-16(2-1-14-3-6-18-7-4-14)19-15-5-8-22(20-15)13-17(24)21-9-11-25-12-10-21;/h5,8,14,18H,1-4,6-7,9-13H2,(H,19,20,23);1H. The first-order valence-corrected chi connectivity index (χ1v) is 9.10. The lowest BCUT2D eigenvalue weighted by Crippen LogP contribution is -2.42. The third-order valence-corrected chi connectivity index (χ3v) is 4.81. The highest BCUT2D eigenvalue weighted by atomic mass is 35.5. The third kappa shape index (κ3) is 6.26. The van der Waals surface area contributed by atoms with Crippen molar-refractivity contribution in [2.24, 2.45) is 5.92 Å². The molecular weight excluding hydrogens is 358 g/mol. The Bertz CT molecular complexity index is 583. The number of hydrogen-bond acceptors (Lipinski definition) is 5. The van der Waals surface area contributed by atoms with E-state index in [1.807, 2.05) is 0 Å². The Morgan fingerprint density at radius 3 is 2.73 bits per heavy atom. The van der Waals surface area contributed by atoms with Gasteiger partial charge >= 0.3 is 0 Å². The van der Waals surface area contributed by atoms with E-state index in [-0.39, 0.29) is 30.8 Å². The molecule has 2 aliphatic heterocycles. The SMILES string of the molecule is Cl.O=C(CCC1CCNCC1)Nc1ccn(CC(=O)N2CCOCC2)n1. The predicted molar refractivity (Wildman–Crippen MR) is 100 cm³/mol. The lowest BCUT2D eigenvalue weighted by atomic mass is 9.93. The van der Waals surface area contributed by atoms with Crippen LogP contribution >= 0.6 is 12.4 Å². The molecule has 0 atom stereocenters. The number of carbonyl (C=O) groups excluding carboxylic acids is 2. The maximum atomic E-state index is 12.2. The monoisotopic (exact) mass is 385 g/mol. The Morgan fingerprint density at radius 2 is 2.00 bits per heavy atom. The first-order valence-electron chi connectivity index (χ1n) is 9.10. The largest absolute Gasteiger partial charge is 0.378 e. The number of nitrogens with zero attached hydrogens (tertiary/aromatic N) is 3. The minimum Gasteiger partial charge on any atom is -0.378 e. The normalized spacial score (nSPS) is 18.2. The lowest BCUT2D eigenvalue weighted by molar-refractivity contribution is -0.136. The number of rotatable bonds is 6. The molecule has 0 spiro atoms. The van der Waals surface area contributed by atoms with Crippen LogP contribution in [0.2, 0.25) is 0 Å². The summed E-state index contributed by atoms with van der Waals surface area (Å²) < 4.78 is 6.82. The summed E-state index contributed by atoms with van der Waals surface area (Å²) in [7, 11) is 0. The molecule has 2 saturated heterocycles. The van der Waals surface area contributed by atoms with E-state index in [2.05, 4.69) is 15.7 Å². The summed E-state index contributed by atoms with van der Waals surface area (Å²) in [6.07, 6.45) is 5.45. The number of nitrogens with one attached hydrogen (secondary N) is 2. The van der Waals surface area contributed by atoms with Crippen molar-refractivity contribution in [1.82, 2.24) is 20.0 Å². The Balaban J connectivity index is 0.00000243. The van der Waals surface area contributed by atoms with Crippen LogP contribution in [0.3, 0.4) is 0 Å². The van der Waals surface area contributed by atoms with Crippen molar-refractivity contribution in [2.45, 2.75) is 32.2 Å². The zero-order valence-electron chi connectivity index (χ0n) is 15.0. The van der Waals surface area contributed by atoms with E-state index in [4.69, 9.17) is 4.74 Å². The second kappa shape index (κ2) is 10.5. The van der Waals surface area contributed by atoms with Crippen LogP contribution in [0, 0.1) is 5.92 Å². The molecule has 8 nitrogen and oxygen atoms in total. The van der Waals surface area contributed by atoms with Crippen LogP contribution in [-0.2, 0) is 20.9 Å². The lowest BCUT2D eigenvalue weighted by Gasteiger charge is -2.26. The molecule has 1 aromatic heterocycles. The van der Waals surface area contributed by atoms with E-state index in [1.54, 1.807) is 21.8 Å². The molecular formula is C17H28ClN5O3. The average Bonchev–Trinajstić information content (AvgIpc) is 3.08. The number of morpholine rings is 1. The van der Waals surface area contributed by atoms with Crippen molar-refractivity contribution < 1.29 is 14.3 Å². The van der Waals surface area contributed by atoms with Gasteiger partial charge in [-0.2, -0.15) is 5.10 Å². The third-order valence-electron chi connectivity index (χ3n) is 4.81. The van der Waals surface area contributed by atoms with E-state index < -0.39 is 0 Å². The number of halogens is 1. The van der Waals surface area contributed by atoms with E-state index in [0.29, 0.717) is 44.5 Å². The van der Waals surface area contributed by atoms with Gasteiger partial charge < -0.3 is 20.3 Å².